The summed E-state index contributed by atoms with van der Waals surface area (Å²) in [4.78, 5) is 70.5. The molecule has 18 nitrogen and oxygen atoms in total. The molecule has 3 saturated heterocycles. The van der Waals surface area contributed by atoms with Crippen LogP contribution < -0.4 is 16.0 Å². The quantitative estimate of drug-likeness (QED) is 0.138. The Kier molecular flexibility index (Phi) is 10.6. The molecule has 3 aromatic rings. The van der Waals surface area contributed by atoms with Crippen LogP contribution in [0, 0.1) is 0 Å². The van der Waals surface area contributed by atoms with Crippen molar-refractivity contribution < 1.29 is 73.6 Å². The van der Waals surface area contributed by atoms with Crippen molar-refractivity contribution in [3.63, 3.8) is 0 Å². The molecule has 3 heterocycles. The maximum atomic E-state index is 11.9. The number of hydrogen-bond donors (Lipinski definition) is 9. The maximum Gasteiger partial charge on any atom is 0.259 e. The molecule has 0 saturated carbocycles. The van der Waals surface area contributed by atoms with Crippen LogP contribution in [0.3, 0.4) is 0 Å². The number of fused-ring (bicyclic) bond motifs is 3. The van der Waals surface area contributed by atoms with Gasteiger partial charge in [0, 0.05) is 12.2 Å². The molecule has 294 valence electrons. The Balaban J connectivity index is 0.000000131. The van der Waals surface area contributed by atoms with Crippen LogP contribution in [0.2, 0.25) is 0 Å². The van der Waals surface area contributed by atoms with Crippen molar-refractivity contribution >= 4 is 35.1 Å². The summed E-state index contributed by atoms with van der Waals surface area (Å²) < 4.78 is 15.0. The molecule has 0 bridgehead atoms. The monoisotopic (exact) mass is 783 g/mol. The molecule has 0 spiro atoms. The molecule has 0 aromatic heterocycles. The number of aromatic hydroxyl groups is 3. The minimum atomic E-state index is -1.03. The standard InChI is InChI=1S/3C13H11NO5/c3*15-8-4-2-1-3-6(8)13(18)14-7-5-9(16)11-12(19-11)10(7)17/h2*1-5,10-12,15,17H,(H,14,18);1-5,9,11-12,15-16H,(H,14,18)/t10-,11+,12-;;/m0../s1. The number of phenolic OH excluding ortho intramolecular Hbond substituents is 3. The number of aliphatic hydroxyl groups excluding tert-OH is 3. The molecule has 0 radical (unpaired) electrons. The number of amides is 3. The molecule has 57 heavy (non-hydrogen) atoms. The number of benzene rings is 3. The lowest BCUT2D eigenvalue weighted by Gasteiger charge is -2.17. The lowest BCUT2D eigenvalue weighted by molar-refractivity contribution is -0.117. The van der Waals surface area contributed by atoms with E-state index in [1.807, 2.05) is 0 Å². The largest absolute Gasteiger partial charge is 0.507 e. The van der Waals surface area contributed by atoms with Gasteiger partial charge in [0.25, 0.3) is 17.7 Å². The number of aliphatic hydroxyl groups is 3. The van der Waals surface area contributed by atoms with Gasteiger partial charge in [-0.1, -0.05) is 36.4 Å². The van der Waals surface area contributed by atoms with Crippen LogP contribution in [0.15, 0.2) is 108 Å². The Bertz CT molecular complexity index is 2180. The Hall–Kier alpha value is -6.54. The van der Waals surface area contributed by atoms with E-state index in [4.69, 9.17) is 14.2 Å². The molecule has 9 N–H and O–H groups in total. The molecule has 3 aliphatic heterocycles. The summed E-state index contributed by atoms with van der Waals surface area (Å²) in [7, 11) is 0. The second kappa shape index (κ2) is 15.5. The zero-order valence-corrected chi connectivity index (χ0v) is 29.2. The summed E-state index contributed by atoms with van der Waals surface area (Å²) in [5.41, 5.74) is 0.391. The lowest BCUT2D eigenvalue weighted by Crippen LogP contribution is -2.37. The van der Waals surface area contributed by atoms with E-state index in [9.17, 15) is 59.4 Å². The van der Waals surface area contributed by atoms with Gasteiger partial charge in [0.15, 0.2) is 17.7 Å². The van der Waals surface area contributed by atoms with E-state index in [1.165, 1.54) is 42.5 Å². The van der Waals surface area contributed by atoms with E-state index >= 15 is 0 Å². The molecular weight excluding hydrogens is 750 g/mol. The van der Waals surface area contributed by atoms with Crippen LogP contribution in [-0.4, -0.2) is 121 Å². The van der Waals surface area contributed by atoms with Gasteiger partial charge in [0.2, 0.25) is 5.78 Å². The van der Waals surface area contributed by atoms with Gasteiger partial charge >= 0.3 is 0 Å². The summed E-state index contributed by atoms with van der Waals surface area (Å²) in [6.45, 7) is 0. The summed E-state index contributed by atoms with van der Waals surface area (Å²) in [5, 5.41) is 65.2. The first-order valence-corrected chi connectivity index (χ1v) is 17.3. The van der Waals surface area contributed by atoms with Crippen molar-refractivity contribution in [1.82, 2.24) is 16.0 Å². The number of ketones is 3. The highest BCUT2D eigenvalue weighted by Gasteiger charge is 2.55. The minimum Gasteiger partial charge on any atom is -0.507 e. The third kappa shape index (κ3) is 8.21. The van der Waals surface area contributed by atoms with E-state index in [1.54, 1.807) is 36.4 Å². The number of ether oxygens (including phenoxy) is 3. The number of hydrogen-bond acceptors (Lipinski definition) is 15. The molecule has 3 fully saturated rings. The average Bonchev–Trinajstić information content (AvgIpc) is 4.04. The Morgan fingerprint density at radius 1 is 0.509 bits per heavy atom. The van der Waals surface area contributed by atoms with Crippen LogP contribution in [-0.2, 0) is 28.6 Å². The maximum absolute atomic E-state index is 11.9. The fourth-order valence-corrected chi connectivity index (χ4v) is 6.18. The molecule has 6 aliphatic rings. The minimum absolute atomic E-state index is 0.000460. The highest BCUT2D eigenvalue weighted by Crippen LogP contribution is 2.35. The van der Waals surface area contributed by atoms with Gasteiger partial charge < -0.3 is 60.8 Å². The second-order valence-corrected chi connectivity index (χ2v) is 13.3. The summed E-state index contributed by atoms with van der Waals surface area (Å²) in [6.07, 6.45) is -2.84. The Morgan fingerprint density at radius 3 is 1.28 bits per heavy atom. The number of rotatable bonds is 6. The van der Waals surface area contributed by atoms with E-state index in [0.29, 0.717) is 0 Å². The molecule has 3 aromatic carbocycles. The van der Waals surface area contributed by atoms with E-state index in [-0.39, 0.29) is 68.4 Å². The topological polar surface area (TPSA) is 297 Å². The third-order valence-electron chi connectivity index (χ3n) is 9.40. The fraction of sp³-hybridized carbons (Fsp3) is 0.231. The van der Waals surface area contributed by atoms with E-state index in [2.05, 4.69) is 16.0 Å². The van der Waals surface area contributed by atoms with Crippen LogP contribution in [0.1, 0.15) is 31.1 Å². The molecule has 9 rings (SSSR count). The number of Topliss-reactive ketones (excluding diaryl/α,β-unsaturated/α-hetero) is 1. The van der Waals surface area contributed by atoms with Gasteiger partial charge in [-0.15, -0.1) is 0 Å². The first-order valence-electron chi connectivity index (χ1n) is 17.3. The first-order chi connectivity index (χ1) is 27.2. The number of carbonyl (C=O) groups is 6. The highest BCUT2D eigenvalue weighted by molar-refractivity contribution is 6.08. The van der Waals surface area contributed by atoms with E-state index in [0.717, 1.165) is 12.2 Å². The highest BCUT2D eigenvalue weighted by atomic mass is 16.6. The SMILES string of the molecule is O=C(NC1=CC(=O)C2OC2C1O)c1ccccc1O.O=C(NC1=CC(=O)[C@H]2O[C@H]2[C@H]1O)c1ccccc1O.O=C(NC1=CC(O)C2OC2C1=O)c1ccccc1O. The van der Waals surface area contributed by atoms with Gasteiger partial charge in [0.05, 0.1) is 33.8 Å². The van der Waals surface area contributed by atoms with Crippen LogP contribution in [0.25, 0.3) is 0 Å². The molecule has 6 unspecified atom stereocenters. The predicted molar refractivity (Wildman–Crippen MR) is 190 cm³/mol. The van der Waals surface area contributed by atoms with Crippen molar-refractivity contribution in [1.29, 1.82) is 0 Å². The molecule has 9 atom stereocenters. The molecule has 3 amide bonds. The van der Waals surface area contributed by atoms with Crippen LogP contribution in [0.4, 0.5) is 0 Å². The number of phenols is 3. The summed E-state index contributed by atoms with van der Waals surface area (Å²) >= 11 is 0. The Morgan fingerprint density at radius 2 is 0.877 bits per heavy atom. The summed E-state index contributed by atoms with van der Waals surface area (Å²) in [6, 6.07) is 18.0. The third-order valence-corrected chi connectivity index (χ3v) is 9.40. The lowest BCUT2D eigenvalue weighted by atomic mass is 10.0. The smallest absolute Gasteiger partial charge is 0.259 e. The zero-order chi connectivity index (χ0) is 40.7. The van der Waals surface area contributed by atoms with Crippen molar-refractivity contribution in [2.75, 3.05) is 0 Å². The molecular formula is C39H33N3O15. The predicted octanol–water partition coefficient (Wildman–Crippen LogP) is -0.849. The average molecular weight is 784 g/mol. The number of epoxide rings is 3. The summed E-state index contributed by atoms with van der Waals surface area (Å²) in [5.74, 6) is -3.21. The van der Waals surface area contributed by atoms with Gasteiger partial charge in [-0.2, -0.15) is 0 Å². The van der Waals surface area contributed by atoms with Gasteiger partial charge in [-0.3, -0.25) is 28.8 Å². The first kappa shape index (κ1) is 38.7. The van der Waals surface area contributed by atoms with Crippen LogP contribution in [0.5, 0.6) is 17.2 Å². The zero-order valence-electron chi connectivity index (χ0n) is 29.2. The van der Waals surface area contributed by atoms with Crippen molar-refractivity contribution in [2.45, 2.75) is 54.9 Å². The second-order valence-electron chi connectivity index (χ2n) is 13.3. The molecule has 3 aliphatic carbocycles. The van der Waals surface area contributed by atoms with Crippen LogP contribution >= 0.6 is 0 Å². The van der Waals surface area contributed by atoms with Gasteiger partial charge in [-0.25, -0.2) is 0 Å². The van der Waals surface area contributed by atoms with Crippen molar-refractivity contribution in [3.8, 4) is 17.2 Å². The van der Waals surface area contributed by atoms with E-state index < -0.39 is 72.7 Å². The van der Waals surface area contributed by atoms with Crippen molar-refractivity contribution in [2.24, 2.45) is 0 Å². The number of nitrogens with one attached hydrogen (secondary N) is 3. The Labute approximate surface area is 321 Å². The number of para-hydroxylation sites is 3. The number of carbonyl (C=O) groups excluding carboxylic acids is 6. The molecule has 18 heteroatoms. The fourth-order valence-electron chi connectivity index (χ4n) is 6.18. The van der Waals surface area contributed by atoms with Gasteiger partial charge in [0.1, 0.15) is 66.1 Å². The normalized spacial score (nSPS) is 28.4. The van der Waals surface area contributed by atoms with Crippen molar-refractivity contribution in [3.05, 3.63) is 125 Å². The van der Waals surface area contributed by atoms with Gasteiger partial charge in [-0.05, 0) is 42.5 Å².